The highest BCUT2D eigenvalue weighted by atomic mass is 32.2. The van der Waals surface area contributed by atoms with Crippen LogP contribution in [-0.2, 0) is 16.2 Å². The molecule has 4 nitrogen and oxygen atoms in total. The number of sulfonamides is 1. The van der Waals surface area contributed by atoms with Gasteiger partial charge in [0.15, 0.2) is 0 Å². The Balaban J connectivity index is 1.66. The molecule has 0 amide bonds. The lowest BCUT2D eigenvalue weighted by atomic mass is 10.1. The molecular weight excluding hydrogens is 377 g/mol. The monoisotopic (exact) mass is 396 g/mol. The third-order valence-corrected chi connectivity index (χ3v) is 5.93. The van der Waals surface area contributed by atoms with Gasteiger partial charge >= 0.3 is 6.18 Å². The van der Waals surface area contributed by atoms with Crippen molar-refractivity contribution in [2.75, 3.05) is 31.1 Å². The van der Waals surface area contributed by atoms with Gasteiger partial charge in [-0.2, -0.15) is 17.5 Å². The number of nitrogens with zero attached hydrogens (tertiary/aromatic N) is 2. The Kier molecular flexibility index (Phi) is 5.57. The van der Waals surface area contributed by atoms with Gasteiger partial charge < -0.3 is 4.90 Å². The first kappa shape index (κ1) is 19.4. The van der Waals surface area contributed by atoms with Crippen molar-refractivity contribution in [3.8, 4) is 0 Å². The van der Waals surface area contributed by atoms with Crippen LogP contribution in [0, 0.1) is 0 Å². The van der Waals surface area contributed by atoms with E-state index in [9.17, 15) is 21.6 Å². The molecule has 0 N–H and O–H groups in total. The molecular formula is C19H19F3N2O2S. The fourth-order valence-corrected chi connectivity index (χ4v) is 4.07. The molecule has 1 fully saturated rings. The predicted octanol–water partition coefficient (Wildman–Crippen LogP) is 3.83. The molecule has 27 heavy (non-hydrogen) atoms. The van der Waals surface area contributed by atoms with Crippen LogP contribution in [0.4, 0.5) is 18.9 Å². The number of hydrogen-bond donors (Lipinski definition) is 0. The maximum Gasteiger partial charge on any atom is 0.416 e. The van der Waals surface area contributed by atoms with Crippen molar-refractivity contribution in [3.63, 3.8) is 0 Å². The SMILES string of the molecule is O=S(=O)(/C=C/c1ccccc1)N1CCN(c2cccc(C(F)(F)F)c2)CC1. The van der Waals surface area contributed by atoms with Gasteiger partial charge in [-0.1, -0.05) is 36.4 Å². The van der Waals surface area contributed by atoms with E-state index >= 15 is 0 Å². The van der Waals surface area contributed by atoms with Gasteiger partial charge in [0.1, 0.15) is 0 Å². The first-order valence-corrected chi connectivity index (χ1v) is 9.91. The van der Waals surface area contributed by atoms with E-state index < -0.39 is 21.8 Å². The minimum absolute atomic E-state index is 0.220. The highest BCUT2D eigenvalue weighted by Gasteiger charge is 2.31. The van der Waals surface area contributed by atoms with Crippen LogP contribution in [0.25, 0.3) is 6.08 Å². The Hall–Kier alpha value is -2.32. The zero-order valence-electron chi connectivity index (χ0n) is 14.4. The fourth-order valence-electron chi connectivity index (χ4n) is 2.89. The molecule has 1 aliphatic heterocycles. The highest BCUT2D eigenvalue weighted by molar-refractivity contribution is 7.92. The minimum atomic E-state index is -4.40. The van der Waals surface area contributed by atoms with Crippen molar-refractivity contribution >= 4 is 21.8 Å². The molecule has 1 aliphatic rings. The average Bonchev–Trinajstić information content (AvgIpc) is 2.67. The molecule has 3 rings (SSSR count). The molecule has 0 unspecified atom stereocenters. The molecule has 0 saturated carbocycles. The molecule has 2 aromatic carbocycles. The normalized spacial score (nSPS) is 16.8. The molecule has 1 heterocycles. The van der Waals surface area contributed by atoms with E-state index in [-0.39, 0.29) is 13.1 Å². The van der Waals surface area contributed by atoms with Crippen LogP contribution in [0.5, 0.6) is 0 Å². The number of rotatable bonds is 4. The van der Waals surface area contributed by atoms with Crippen molar-refractivity contribution in [1.29, 1.82) is 0 Å². The number of alkyl halides is 3. The summed E-state index contributed by atoms with van der Waals surface area (Å²) in [6.07, 6.45) is -2.86. The largest absolute Gasteiger partial charge is 0.416 e. The third kappa shape index (κ3) is 4.90. The Morgan fingerprint density at radius 2 is 1.56 bits per heavy atom. The molecule has 1 saturated heterocycles. The number of halogens is 3. The summed E-state index contributed by atoms with van der Waals surface area (Å²) in [6.45, 7) is 1.11. The van der Waals surface area contributed by atoms with Crippen molar-refractivity contribution in [1.82, 2.24) is 4.31 Å². The minimum Gasteiger partial charge on any atom is -0.369 e. The van der Waals surface area contributed by atoms with Gasteiger partial charge in [0.05, 0.1) is 5.56 Å². The Bertz CT molecular complexity index is 904. The Labute approximate surface area is 156 Å². The predicted molar refractivity (Wildman–Crippen MR) is 99.6 cm³/mol. The van der Waals surface area contributed by atoms with Gasteiger partial charge in [-0.05, 0) is 29.8 Å². The summed E-state index contributed by atoms with van der Waals surface area (Å²) in [5.74, 6) is 0. The second kappa shape index (κ2) is 7.74. The third-order valence-electron chi connectivity index (χ3n) is 4.37. The van der Waals surface area contributed by atoms with Gasteiger partial charge in [0.25, 0.3) is 0 Å². The highest BCUT2D eigenvalue weighted by Crippen LogP contribution is 2.32. The topological polar surface area (TPSA) is 40.6 Å². The van der Waals surface area contributed by atoms with E-state index in [4.69, 9.17) is 0 Å². The quantitative estimate of drug-likeness (QED) is 0.789. The molecule has 0 bridgehead atoms. The first-order valence-electron chi connectivity index (χ1n) is 8.41. The van der Waals surface area contributed by atoms with Crippen LogP contribution < -0.4 is 4.90 Å². The van der Waals surface area contributed by atoms with Gasteiger partial charge in [-0.3, -0.25) is 0 Å². The van der Waals surface area contributed by atoms with Crippen molar-refractivity contribution in [2.45, 2.75) is 6.18 Å². The summed E-state index contributed by atoms with van der Waals surface area (Å²) in [7, 11) is -3.57. The summed E-state index contributed by atoms with van der Waals surface area (Å²) >= 11 is 0. The molecule has 0 spiro atoms. The number of benzene rings is 2. The lowest BCUT2D eigenvalue weighted by Gasteiger charge is -2.35. The van der Waals surface area contributed by atoms with Gasteiger partial charge in [-0.15, -0.1) is 0 Å². The number of piperazine rings is 1. The lowest BCUT2D eigenvalue weighted by molar-refractivity contribution is -0.137. The van der Waals surface area contributed by atoms with Crippen molar-refractivity contribution in [2.24, 2.45) is 0 Å². The summed E-state index contributed by atoms with van der Waals surface area (Å²) in [5, 5.41) is 1.17. The second-order valence-corrected chi connectivity index (χ2v) is 8.01. The lowest BCUT2D eigenvalue weighted by Crippen LogP contribution is -2.48. The van der Waals surface area contributed by atoms with E-state index in [2.05, 4.69) is 0 Å². The van der Waals surface area contributed by atoms with Crippen molar-refractivity contribution < 1.29 is 21.6 Å². The maximum atomic E-state index is 12.9. The van der Waals surface area contributed by atoms with Crippen LogP contribution in [0.2, 0.25) is 0 Å². The van der Waals surface area contributed by atoms with Gasteiger partial charge in [0, 0.05) is 37.3 Å². The summed E-state index contributed by atoms with van der Waals surface area (Å²) in [6, 6.07) is 14.2. The standard InChI is InChI=1S/C19H19F3N2O2S/c20-19(21,22)17-7-4-8-18(15-17)23-10-12-24(13-11-23)27(25,26)14-9-16-5-2-1-3-6-16/h1-9,14-15H,10-13H2/b14-9+. The summed E-state index contributed by atoms with van der Waals surface area (Å²) < 4.78 is 64.9. The van der Waals surface area contributed by atoms with Crippen LogP contribution in [0.3, 0.4) is 0 Å². The average molecular weight is 396 g/mol. The summed E-state index contributed by atoms with van der Waals surface area (Å²) in [5.41, 5.74) is 0.520. The summed E-state index contributed by atoms with van der Waals surface area (Å²) in [4.78, 5) is 1.77. The van der Waals surface area contributed by atoms with Crippen LogP contribution >= 0.6 is 0 Å². The zero-order valence-corrected chi connectivity index (χ0v) is 15.2. The van der Waals surface area contributed by atoms with E-state index in [0.29, 0.717) is 18.8 Å². The zero-order chi connectivity index (χ0) is 19.5. The van der Waals surface area contributed by atoms with E-state index in [1.54, 1.807) is 23.1 Å². The molecule has 0 radical (unpaired) electrons. The molecule has 0 aliphatic carbocycles. The second-order valence-electron chi connectivity index (χ2n) is 6.19. The molecule has 2 aromatic rings. The van der Waals surface area contributed by atoms with Crippen LogP contribution in [0.15, 0.2) is 60.0 Å². The molecule has 0 atom stereocenters. The first-order chi connectivity index (χ1) is 12.8. The van der Waals surface area contributed by atoms with Crippen molar-refractivity contribution in [3.05, 3.63) is 71.1 Å². The fraction of sp³-hybridized carbons (Fsp3) is 0.263. The van der Waals surface area contributed by atoms with Gasteiger partial charge in [0.2, 0.25) is 10.0 Å². The van der Waals surface area contributed by atoms with Crippen LogP contribution in [0.1, 0.15) is 11.1 Å². The Morgan fingerprint density at radius 1 is 0.889 bits per heavy atom. The molecule has 0 aromatic heterocycles. The van der Waals surface area contributed by atoms with E-state index in [1.165, 1.54) is 21.9 Å². The Morgan fingerprint density at radius 3 is 2.19 bits per heavy atom. The smallest absolute Gasteiger partial charge is 0.369 e. The molecule has 144 valence electrons. The number of hydrogen-bond acceptors (Lipinski definition) is 3. The maximum absolute atomic E-state index is 12.9. The number of anilines is 1. The van der Waals surface area contributed by atoms with Crippen LogP contribution in [-0.4, -0.2) is 38.9 Å². The molecule has 8 heteroatoms. The van der Waals surface area contributed by atoms with E-state index in [0.717, 1.165) is 17.7 Å². The van der Waals surface area contributed by atoms with E-state index in [1.807, 2.05) is 18.2 Å². The van der Waals surface area contributed by atoms with Gasteiger partial charge in [-0.25, -0.2) is 8.42 Å².